The van der Waals surface area contributed by atoms with Crippen LogP contribution in [-0.2, 0) is 6.54 Å². The fourth-order valence-corrected chi connectivity index (χ4v) is 3.76. The van der Waals surface area contributed by atoms with Crippen molar-refractivity contribution in [3.05, 3.63) is 93.1 Å². The Morgan fingerprint density at radius 1 is 1.27 bits per heavy atom. The van der Waals surface area contributed by atoms with Gasteiger partial charge in [0, 0.05) is 17.3 Å². The van der Waals surface area contributed by atoms with Crippen LogP contribution in [0.3, 0.4) is 0 Å². The molecule has 0 fully saturated rings. The van der Waals surface area contributed by atoms with Crippen molar-refractivity contribution in [1.29, 1.82) is 5.26 Å². The molecule has 0 unspecified atom stereocenters. The molecule has 0 spiro atoms. The molecule has 7 nitrogen and oxygen atoms in total. The van der Waals surface area contributed by atoms with E-state index in [1.54, 1.807) is 23.0 Å². The van der Waals surface area contributed by atoms with Crippen LogP contribution in [0.25, 0.3) is 0 Å². The van der Waals surface area contributed by atoms with Gasteiger partial charge in [0.05, 0.1) is 30.9 Å². The van der Waals surface area contributed by atoms with Gasteiger partial charge in [-0.1, -0.05) is 18.2 Å². The van der Waals surface area contributed by atoms with Gasteiger partial charge in [-0.15, -0.1) is 0 Å². The Labute approximate surface area is 173 Å². The lowest BCUT2D eigenvalue weighted by atomic mass is 9.83. The Balaban J connectivity index is 1.96. The summed E-state index contributed by atoms with van der Waals surface area (Å²) in [6.45, 7) is 4.41. The summed E-state index contributed by atoms with van der Waals surface area (Å²) in [4.78, 5) is 13.6. The fraction of sp³-hybridized carbons (Fsp3) is 0.217. The molecule has 7 heteroatoms. The van der Waals surface area contributed by atoms with Gasteiger partial charge in [-0.25, -0.2) is 0 Å². The summed E-state index contributed by atoms with van der Waals surface area (Å²) < 4.78 is 18.5. The molecule has 1 aliphatic rings. The number of allylic oxidation sites excluding steroid dienone is 1. The molecule has 2 N–H and O–H groups in total. The number of pyridine rings is 1. The number of nitrogens with two attached hydrogens (primary N) is 1. The molecular formula is C23H21N3O4. The third kappa shape index (κ3) is 3.22. The lowest BCUT2D eigenvalue weighted by molar-refractivity contribution is 0.334. The van der Waals surface area contributed by atoms with Gasteiger partial charge < -0.3 is 24.2 Å². The average molecular weight is 403 g/mol. The van der Waals surface area contributed by atoms with Gasteiger partial charge in [-0.05, 0) is 32.0 Å². The van der Waals surface area contributed by atoms with Crippen molar-refractivity contribution in [1.82, 2.24) is 4.57 Å². The van der Waals surface area contributed by atoms with E-state index in [4.69, 9.17) is 19.6 Å². The largest absolute Gasteiger partial charge is 0.494 e. The van der Waals surface area contributed by atoms with Crippen LogP contribution in [0.2, 0.25) is 0 Å². The van der Waals surface area contributed by atoms with Crippen molar-refractivity contribution >= 4 is 0 Å². The van der Waals surface area contributed by atoms with E-state index < -0.39 is 5.92 Å². The summed E-state index contributed by atoms with van der Waals surface area (Å²) in [5.41, 5.74) is 7.72. The van der Waals surface area contributed by atoms with E-state index in [2.05, 4.69) is 6.07 Å². The number of ether oxygens (including phenoxy) is 2. The number of rotatable bonds is 5. The van der Waals surface area contributed by atoms with Gasteiger partial charge in [-0.2, -0.15) is 5.26 Å². The van der Waals surface area contributed by atoms with E-state index in [-0.39, 0.29) is 23.6 Å². The molecule has 1 aromatic carbocycles. The number of nitriles is 1. The molecule has 0 bridgehead atoms. The van der Waals surface area contributed by atoms with Crippen LogP contribution in [0, 0.1) is 18.3 Å². The zero-order chi connectivity index (χ0) is 21.3. The van der Waals surface area contributed by atoms with Crippen LogP contribution in [0.4, 0.5) is 0 Å². The van der Waals surface area contributed by atoms with E-state index >= 15 is 0 Å². The van der Waals surface area contributed by atoms with Crippen LogP contribution >= 0.6 is 0 Å². The summed E-state index contributed by atoms with van der Waals surface area (Å²) in [7, 11) is 0. The molecule has 2 aromatic heterocycles. The van der Waals surface area contributed by atoms with Crippen molar-refractivity contribution < 1.29 is 13.9 Å². The van der Waals surface area contributed by atoms with Crippen LogP contribution in [0.1, 0.15) is 35.4 Å². The van der Waals surface area contributed by atoms with Crippen molar-refractivity contribution in [2.24, 2.45) is 5.73 Å². The lowest BCUT2D eigenvalue weighted by Crippen LogP contribution is -2.33. The number of hydrogen-bond acceptors (Lipinski definition) is 6. The number of benzene rings is 1. The molecule has 152 valence electrons. The molecule has 0 saturated carbocycles. The summed E-state index contributed by atoms with van der Waals surface area (Å²) in [6, 6.07) is 14.8. The van der Waals surface area contributed by atoms with E-state index in [1.165, 1.54) is 0 Å². The second-order valence-corrected chi connectivity index (χ2v) is 6.93. The van der Waals surface area contributed by atoms with Gasteiger partial charge in [0.15, 0.2) is 0 Å². The Morgan fingerprint density at radius 3 is 2.77 bits per heavy atom. The SMILES string of the molecule is CCOc1ccccc1[C@@H]1C(C#N)=C(N)Oc2cc(C)n(Cc3ccco3)c(=O)c21. The molecule has 1 aliphatic heterocycles. The van der Waals surface area contributed by atoms with Gasteiger partial charge in [-0.3, -0.25) is 4.79 Å². The van der Waals surface area contributed by atoms with Crippen molar-refractivity contribution in [2.45, 2.75) is 26.3 Å². The minimum atomic E-state index is -0.697. The molecule has 3 heterocycles. The van der Waals surface area contributed by atoms with E-state index in [1.807, 2.05) is 44.2 Å². The van der Waals surface area contributed by atoms with Gasteiger partial charge >= 0.3 is 0 Å². The van der Waals surface area contributed by atoms with E-state index in [0.29, 0.717) is 40.7 Å². The standard InChI is InChI=1S/C23H21N3O4/c1-3-28-18-9-5-4-8-16(18)20-17(12-24)22(25)30-19-11-14(2)26(23(27)21(19)20)13-15-7-6-10-29-15/h4-11,20H,3,13,25H2,1-2H3/t20-/m1/s1. The molecule has 0 amide bonds. The van der Waals surface area contributed by atoms with E-state index in [9.17, 15) is 10.1 Å². The zero-order valence-electron chi connectivity index (χ0n) is 16.7. The van der Waals surface area contributed by atoms with Crippen molar-refractivity contribution in [3.8, 4) is 17.6 Å². The van der Waals surface area contributed by atoms with Crippen LogP contribution in [-0.4, -0.2) is 11.2 Å². The number of aromatic nitrogens is 1. The number of fused-ring (bicyclic) bond motifs is 1. The first kappa shape index (κ1) is 19.4. The minimum Gasteiger partial charge on any atom is -0.494 e. The highest BCUT2D eigenvalue weighted by atomic mass is 16.5. The number of aryl methyl sites for hydroxylation is 1. The summed E-state index contributed by atoms with van der Waals surface area (Å²) >= 11 is 0. The number of hydrogen-bond donors (Lipinski definition) is 1. The number of nitrogens with zero attached hydrogens (tertiary/aromatic N) is 2. The molecule has 30 heavy (non-hydrogen) atoms. The molecular weight excluding hydrogens is 382 g/mol. The first-order valence-electron chi connectivity index (χ1n) is 9.61. The quantitative estimate of drug-likeness (QED) is 0.700. The van der Waals surface area contributed by atoms with E-state index in [0.717, 1.165) is 0 Å². The van der Waals surface area contributed by atoms with Crippen molar-refractivity contribution in [2.75, 3.05) is 6.61 Å². The Hall–Kier alpha value is -3.92. The molecule has 0 saturated heterocycles. The van der Waals surface area contributed by atoms with Gasteiger partial charge in [0.25, 0.3) is 5.56 Å². The maximum absolute atomic E-state index is 13.6. The Kier molecular flexibility index (Phi) is 5.07. The third-order valence-corrected chi connectivity index (χ3v) is 5.11. The normalized spacial score (nSPS) is 15.3. The molecule has 3 aromatic rings. The highest BCUT2D eigenvalue weighted by molar-refractivity contribution is 5.58. The molecule has 4 rings (SSSR count). The second kappa shape index (κ2) is 7.84. The molecule has 0 radical (unpaired) electrons. The molecule has 0 aliphatic carbocycles. The van der Waals surface area contributed by atoms with Gasteiger partial charge in [0.1, 0.15) is 28.9 Å². The first-order chi connectivity index (χ1) is 14.5. The summed E-state index contributed by atoms with van der Waals surface area (Å²) in [5, 5.41) is 9.83. The minimum absolute atomic E-state index is 0.0103. The smallest absolute Gasteiger partial charge is 0.259 e. The number of furan rings is 1. The predicted octanol–water partition coefficient (Wildman–Crippen LogP) is 3.41. The fourth-order valence-electron chi connectivity index (χ4n) is 3.76. The molecule has 1 atom stereocenters. The summed E-state index contributed by atoms with van der Waals surface area (Å²) in [5.74, 6) is 0.886. The lowest BCUT2D eigenvalue weighted by Gasteiger charge is -2.28. The summed E-state index contributed by atoms with van der Waals surface area (Å²) in [6.07, 6.45) is 1.57. The zero-order valence-corrected chi connectivity index (χ0v) is 16.7. The van der Waals surface area contributed by atoms with Crippen LogP contribution < -0.4 is 20.8 Å². The average Bonchev–Trinajstić information content (AvgIpc) is 3.24. The van der Waals surface area contributed by atoms with Crippen molar-refractivity contribution in [3.63, 3.8) is 0 Å². The van der Waals surface area contributed by atoms with Gasteiger partial charge in [0.2, 0.25) is 5.88 Å². The maximum atomic E-state index is 13.6. The second-order valence-electron chi connectivity index (χ2n) is 6.93. The Morgan fingerprint density at radius 2 is 2.07 bits per heavy atom. The topological polar surface area (TPSA) is 103 Å². The predicted molar refractivity (Wildman–Crippen MR) is 110 cm³/mol. The number of para-hydroxylation sites is 1. The maximum Gasteiger partial charge on any atom is 0.259 e. The first-order valence-corrected chi connectivity index (χ1v) is 9.61. The Bertz CT molecular complexity index is 1220. The highest BCUT2D eigenvalue weighted by Crippen LogP contribution is 2.43. The third-order valence-electron chi connectivity index (χ3n) is 5.11. The van der Waals surface area contributed by atoms with Crippen LogP contribution in [0.5, 0.6) is 11.5 Å². The monoisotopic (exact) mass is 403 g/mol. The highest BCUT2D eigenvalue weighted by Gasteiger charge is 2.36. The van der Waals surface area contributed by atoms with Crippen LogP contribution in [0.15, 0.2) is 69.4 Å².